The second-order valence-corrected chi connectivity index (χ2v) is 7.78. The number of anilines is 1. The Balaban J connectivity index is 1.36. The number of hydrogen-bond acceptors (Lipinski definition) is 6. The summed E-state index contributed by atoms with van der Waals surface area (Å²) in [6.45, 7) is 3.81. The number of nitrogens with zero attached hydrogens (tertiary/aromatic N) is 3. The number of hydrogen-bond donors (Lipinski definition) is 0. The van der Waals surface area contributed by atoms with Gasteiger partial charge in [0.25, 0.3) is 11.1 Å². The largest absolute Gasteiger partial charge is 0.481 e. The second kappa shape index (κ2) is 8.24. The van der Waals surface area contributed by atoms with Crippen LogP contribution in [0.25, 0.3) is 0 Å². The Bertz CT molecular complexity index is 1010. The first kappa shape index (κ1) is 19.4. The molecule has 0 spiro atoms. The van der Waals surface area contributed by atoms with Crippen LogP contribution in [-0.2, 0) is 11.2 Å². The Hall–Kier alpha value is -2.87. The Labute approximate surface area is 172 Å². The van der Waals surface area contributed by atoms with Crippen molar-refractivity contribution in [3.05, 3.63) is 65.8 Å². The summed E-state index contributed by atoms with van der Waals surface area (Å²) in [5, 5.41) is 8.29. The van der Waals surface area contributed by atoms with Crippen LogP contribution in [0.15, 0.2) is 58.2 Å². The molecule has 2 heterocycles. The van der Waals surface area contributed by atoms with Crippen molar-refractivity contribution in [1.29, 1.82) is 0 Å². The molecule has 0 saturated carbocycles. The third-order valence-electron chi connectivity index (χ3n) is 4.69. The number of carbonyl (C=O) groups is 1. The van der Waals surface area contributed by atoms with E-state index in [0.29, 0.717) is 16.9 Å². The number of thioether (sulfide) groups is 1. The lowest BCUT2D eigenvalue weighted by molar-refractivity contribution is -0.116. The summed E-state index contributed by atoms with van der Waals surface area (Å²) in [4.78, 5) is 14.6. The zero-order valence-corrected chi connectivity index (χ0v) is 16.9. The minimum atomic E-state index is -0.497. The van der Waals surface area contributed by atoms with Gasteiger partial charge in [0.15, 0.2) is 6.10 Å². The molecule has 1 amide bonds. The molecule has 2 atom stereocenters. The van der Waals surface area contributed by atoms with E-state index in [1.165, 1.54) is 41.6 Å². The van der Waals surface area contributed by atoms with Crippen LogP contribution in [0, 0.1) is 5.82 Å². The normalized spacial score (nSPS) is 16.5. The van der Waals surface area contributed by atoms with E-state index in [9.17, 15) is 9.18 Å². The molecule has 0 fully saturated rings. The number of aromatic nitrogens is 2. The number of halogens is 1. The van der Waals surface area contributed by atoms with Crippen molar-refractivity contribution >= 4 is 23.4 Å². The summed E-state index contributed by atoms with van der Waals surface area (Å²) in [7, 11) is 0. The fourth-order valence-electron chi connectivity index (χ4n) is 3.35. The number of benzene rings is 2. The zero-order chi connectivity index (χ0) is 20.4. The third kappa shape index (κ3) is 4.27. The molecule has 1 aromatic heterocycles. The van der Waals surface area contributed by atoms with Gasteiger partial charge in [-0.25, -0.2) is 4.39 Å². The van der Waals surface area contributed by atoms with Gasteiger partial charge in [-0.05, 0) is 56.2 Å². The highest BCUT2D eigenvalue weighted by Gasteiger charge is 2.30. The van der Waals surface area contributed by atoms with Crippen LogP contribution in [0.3, 0.4) is 0 Å². The van der Waals surface area contributed by atoms with Crippen LogP contribution in [0.2, 0.25) is 0 Å². The number of rotatable bonds is 6. The molecule has 0 saturated heterocycles. The van der Waals surface area contributed by atoms with E-state index in [2.05, 4.69) is 16.3 Å². The molecule has 1 aliphatic heterocycles. The lowest BCUT2D eigenvalue weighted by Crippen LogP contribution is -2.36. The molecule has 0 bridgehead atoms. The van der Waals surface area contributed by atoms with E-state index >= 15 is 0 Å². The third-order valence-corrected chi connectivity index (χ3v) is 5.49. The molecule has 29 heavy (non-hydrogen) atoms. The van der Waals surface area contributed by atoms with Crippen LogP contribution in [-0.4, -0.2) is 27.9 Å². The van der Waals surface area contributed by atoms with Crippen molar-refractivity contribution in [2.24, 2.45) is 0 Å². The smallest absolute Gasteiger partial charge is 0.277 e. The molecule has 0 N–H and O–H groups in total. The summed E-state index contributed by atoms with van der Waals surface area (Å²) < 4.78 is 24.3. The number of ether oxygens (including phenoxy) is 1. The quantitative estimate of drug-likeness (QED) is 0.558. The van der Waals surface area contributed by atoms with Crippen LogP contribution >= 0.6 is 11.8 Å². The monoisotopic (exact) mass is 413 g/mol. The maximum absolute atomic E-state index is 13.0. The summed E-state index contributed by atoms with van der Waals surface area (Å²) in [5.41, 5.74) is 2.16. The van der Waals surface area contributed by atoms with Gasteiger partial charge >= 0.3 is 0 Å². The van der Waals surface area contributed by atoms with Crippen LogP contribution < -0.4 is 9.64 Å². The molecule has 6 nitrogen and oxygen atoms in total. The highest BCUT2D eigenvalue weighted by Crippen LogP contribution is 2.33. The lowest BCUT2D eigenvalue weighted by atomic mass is 10.1. The van der Waals surface area contributed by atoms with Crippen LogP contribution in [0.1, 0.15) is 31.4 Å². The maximum atomic E-state index is 13.0. The number of para-hydroxylation sites is 1. The predicted octanol–water partition coefficient (Wildman–Crippen LogP) is 4.42. The minimum absolute atomic E-state index is 0.00260. The van der Waals surface area contributed by atoms with Gasteiger partial charge < -0.3 is 14.1 Å². The predicted molar refractivity (Wildman–Crippen MR) is 108 cm³/mol. The summed E-state index contributed by atoms with van der Waals surface area (Å²) >= 11 is 1.20. The Kier molecular flexibility index (Phi) is 5.53. The van der Waals surface area contributed by atoms with E-state index in [0.717, 1.165) is 12.1 Å². The molecule has 1 aliphatic rings. The van der Waals surface area contributed by atoms with Crippen molar-refractivity contribution in [1.82, 2.24) is 10.2 Å². The zero-order valence-electron chi connectivity index (χ0n) is 16.0. The fourth-order valence-corrected chi connectivity index (χ4v) is 3.98. The van der Waals surface area contributed by atoms with E-state index in [4.69, 9.17) is 9.15 Å². The number of amides is 1. The standard InChI is InChI=1S/C21H20FN3O3S/c1-13-11-15-5-3-4-6-18(15)25(13)19(26)12-29-21-24-23-20(28-21)14(2)27-17-9-7-16(22)8-10-17/h3-10,13-14H,11-12H2,1-2H3. The lowest BCUT2D eigenvalue weighted by Gasteiger charge is -2.22. The van der Waals surface area contributed by atoms with Gasteiger partial charge in [0.2, 0.25) is 5.91 Å². The highest BCUT2D eigenvalue weighted by molar-refractivity contribution is 7.99. The Morgan fingerprint density at radius 2 is 2.03 bits per heavy atom. The summed E-state index contributed by atoms with van der Waals surface area (Å²) in [5.74, 6) is 0.671. The van der Waals surface area contributed by atoms with Gasteiger partial charge in [0.1, 0.15) is 11.6 Å². The second-order valence-electron chi connectivity index (χ2n) is 6.85. The molecule has 150 valence electrons. The molecule has 2 unspecified atom stereocenters. The molecule has 2 aromatic carbocycles. The average molecular weight is 413 g/mol. The van der Waals surface area contributed by atoms with Crippen molar-refractivity contribution in [3.63, 3.8) is 0 Å². The van der Waals surface area contributed by atoms with Gasteiger partial charge in [0.05, 0.1) is 5.75 Å². The van der Waals surface area contributed by atoms with Crippen molar-refractivity contribution in [3.8, 4) is 5.75 Å². The molecule has 8 heteroatoms. The van der Waals surface area contributed by atoms with E-state index in [1.807, 2.05) is 30.0 Å². The van der Waals surface area contributed by atoms with Gasteiger partial charge in [-0.3, -0.25) is 4.79 Å². The minimum Gasteiger partial charge on any atom is -0.481 e. The average Bonchev–Trinajstić information content (AvgIpc) is 3.31. The highest BCUT2D eigenvalue weighted by atomic mass is 32.2. The van der Waals surface area contributed by atoms with E-state index in [1.54, 1.807) is 6.92 Å². The first-order valence-electron chi connectivity index (χ1n) is 9.29. The first-order chi connectivity index (χ1) is 14.0. The van der Waals surface area contributed by atoms with Crippen molar-refractivity contribution in [2.45, 2.75) is 37.6 Å². The fraction of sp³-hybridized carbons (Fsp3) is 0.286. The summed E-state index contributed by atoms with van der Waals surface area (Å²) in [6.07, 6.45) is 0.360. The summed E-state index contributed by atoms with van der Waals surface area (Å²) in [6, 6.07) is 13.8. The van der Waals surface area contributed by atoms with Gasteiger partial charge in [-0.1, -0.05) is 30.0 Å². The van der Waals surface area contributed by atoms with Gasteiger partial charge in [0, 0.05) is 11.7 Å². The van der Waals surface area contributed by atoms with Gasteiger partial charge in [-0.2, -0.15) is 0 Å². The molecular weight excluding hydrogens is 393 g/mol. The Morgan fingerprint density at radius 1 is 1.28 bits per heavy atom. The van der Waals surface area contributed by atoms with E-state index in [-0.39, 0.29) is 23.5 Å². The molecule has 3 aromatic rings. The molecular formula is C21H20FN3O3S. The van der Waals surface area contributed by atoms with Crippen molar-refractivity contribution < 1.29 is 18.3 Å². The van der Waals surface area contributed by atoms with E-state index < -0.39 is 6.10 Å². The SMILES string of the molecule is CC(Oc1ccc(F)cc1)c1nnc(SCC(=O)N2c3ccccc3CC2C)o1. The Morgan fingerprint density at radius 3 is 2.83 bits per heavy atom. The van der Waals surface area contributed by atoms with Crippen molar-refractivity contribution in [2.75, 3.05) is 10.7 Å². The molecule has 4 rings (SSSR count). The van der Waals surface area contributed by atoms with Crippen LogP contribution in [0.4, 0.5) is 10.1 Å². The first-order valence-corrected chi connectivity index (χ1v) is 10.3. The number of carbonyl (C=O) groups excluding carboxylic acids is 1. The maximum Gasteiger partial charge on any atom is 0.277 e. The molecule has 0 aliphatic carbocycles. The topological polar surface area (TPSA) is 68.5 Å². The molecule has 0 radical (unpaired) electrons. The number of fused-ring (bicyclic) bond motifs is 1. The van der Waals surface area contributed by atoms with Crippen LogP contribution in [0.5, 0.6) is 5.75 Å². The van der Waals surface area contributed by atoms with Gasteiger partial charge in [-0.15, -0.1) is 10.2 Å².